The van der Waals surface area contributed by atoms with E-state index in [9.17, 15) is 14.4 Å². The van der Waals surface area contributed by atoms with E-state index in [0.29, 0.717) is 30.5 Å². The minimum absolute atomic E-state index is 0.217. The van der Waals surface area contributed by atoms with Crippen molar-refractivity contribution in [3.05, 3.63) is 70.8 Å². The van der Waals surface area contributed by atoms with Crippen LogP contribution >= 0.6 is 0 Å². The first-order valence-electron chi connectivity index (χ1n) is 9.36. The van der Waals surface area contributed by atoms with Gasteiger partial charge in [-0.1, -0.05) is 30.3 Å². The van der Waals surface area contributed by atoms with Crippen LogP contribution in [0.3, 0.4) is 0 Å². The van der Waals surface area contributed by atoms with Gasteiger partial charge in [-0.2, -0.15) is 0 Å². The molecule has 0 N–H and O–H groups in total. The quantitative estimate of drug-likeness (QED) is 0.767. The molecule has 6 nitrogen and oxygen atoms in total. The van der Waals surface area contributed by atoms with Gasteiger partial charge in [0, 0.05) is 18.5 Å². The van der Waals surface area contributed by atoms with Gasteiger partial charge < -0.3 is 14.4 Å². The summed E-state index contributed by atoms with van der Waals surface area (Å²) >= 11 is 0. The number of hydrogen-bond donors (Lipinski definition) is 0. The van der Waals surface area contributed by atoms with E-state index in [1.54, 1.807) is 23.1 Å². The summed E-state index contributed by atoms with van der Waals surface area (Å²) in [6.45, 7) is 0.518. The summed E-state index contributed by atoms with van der Waals surface area (Å²) in [5, 5.41) is 0. The molecule has 28 heavy (non-hydrogen) atoms. The van der Waals surface area contributed by atoms with Gasteiger partial charge in [0.1, 0.15) is 12.1 Å². The van der Waals surface area contributed by atoms with Gasteiger partial charge >= 0.3 is 11.9 Å². The maximum absolute atomic E-state index is 13.0. The van der Waals surface area contributed by atoms with Gasteiger partial charge in [-0.15, -0.1) is 0 Å². The van der Waals surface area contributed by atoms with Gasteiger partial charge in [-0.3, -0.25) is 4.79 Å². The molecule has 4 rings (SSSR count). The van der Waals surface area contributed by atoms with Crippen LogP contribution in [-0.4, -0.2) is 42.4 Å². The van der Waals surface area contributed by atoms with Crippen molar-refractivity contribution in [1.29, 1.82) is 0 Å². The third-order valence-corrected chi connectivity index (χ3v) is 5.38. The normalized spacial score (nSPS) is 21.0. The van der Waals surface area contributed by atoms with E-state index in [2.05, 4.69) is 0 Å². The zero-order chi connectivity index (χ0) is 19.7. The minimum Gasteiger partial charge on any atom is -0.467 e. The van der Waals surface area contributed by atoms with Crippen LogP contribution in [0, 0.1) is 0 Å². The fourth-order valence-electron chi connectivity index (χ4n) is 3.94. The monoisotopic (exact) mass is 379 g/mol. The number of esters is 2. The summed E-state index contributed by atoms with van der Waals surface area (Å²) in [7, 11) is 1.33. The number of benzene rings is 2. The molecule has 2 heterocycles. The minimum atomic E-state index is -0.546. The molecule has 2 atom stereocenters. The summed E-state index contributed by atoms with van der Waals surface area (Å²) in [6, 6.07) is 14.0. The Bertz CT molecular complexity index is 924. The van der Waals surface area contributed by atoms with Crippen molar-refractivity contribution in [3.8, 4) is 0 Å². The molecule has 2 aliphatic rings. The highest BCUT2D eigenvalue weighted by molar-refractivity contribution is 5.99. The zero-order valence-electron chi connectivity index (χ0n) is 15.6. The first kappa shape index (κ1) is 18.2. The Hall–Kier alpha value is -3.15. The molecule has 0 aromatic heterocycles. The molecule has 6 heteroatoms. The average Bonchev–Trinajstić information content (AvgIpc) is 3.22. The lowest BCUT2D eigenvalue weighted by Crippen LogP contribution is -2.41. The number of nitrogens with zero attached hydrogens (tertiary/aromatic N) is 1. The molecule has 0 aliphatic carbocycles. The topological polar surface area (TPSA) is 72.9 Å². The molecule has 2 aromatic rings. The van der Waals surface area contributed by atoms with Crippen molar-refractivity contribution < 1.29 is 23.9 Å². The van der Waals surface area contributed by atoms with Crippen molar-refractivity contribution in [2.45, 2.75) is 31.4 Å². The Morgan fingerprint density at radius 3 is 2.68 bits per heavy atom. The molecular formula is C22H21NO5. The molecule has 1 fully saturated rings. The lowest BCUT2D eigenvalue weighted by atomic mass is 9.93. The van der Waals surface area contributed by atoms with Crippen molar-refractivity contribution in [2.75, 3.05) is 13.7 Å². The number of ether oxygens (including phenoxy) is 2. The molecule has 1 unspecified atom stereocenters. The molecule has 0 spiro atoms. The lowest BCUT2D eigenvalue weighted by Gasteiger charge is -2.26. The van der Waals surface area contributed by atoms with Crippen LogP contribution in [0.25, 0.3) is 0 Å². The highest BCUT2D eigenvalue weighted by Gasteiger charge is 2.36. The van der Waals surface area contributed by atoms with Crippen LogP contribution in [0.4, 0.5) is 0 Å². The van der Waals surface area contributed by atoms with E-state index < -0.39 is 12.0 Å². The van der Waals surface area contributed by atoms with Gasteiger partial charge in [-0.25, -0.2) is 9.59 Å². The molecule has 2 aliphatic heterocycles. The summed E-state index contributed by atoms with van der Waals surface area (Å²) < 4.78 is 10.4. The van der Waals surface area contributed by atoms with Crippen LogP contribution in [-0.2, 0) is 20.7 Å². The zero-order valence-corrected chi connectivity index (χ0v) is 15.6. The number of methoxy groups -OCH3 is 1. The predicted molar refractivity (Wildman–Crippen MR) is 101 cm³/mol. The molecule has 2 aromatic carbocycles. The third kappa shape index (κ3) is 3.26. The standard InChI is InChI=1S/C22H21NO5/c1-27-22(26)18-8-5-11-23(18)20(24)15-9-10-17-16(12-15)13-19(28-21(17)25)14-6-3-2-4-7-14/h2-4,6-7,9-10,12,18-19H,5,8,11,13H2,1H3/t18-,19?/m0/s1. The Morgan fingerprint density at radius 1 is 1.14 bits per heavy atom. The van der Waals surface area contributed by atoms with E-state index in [1.165, 1.54) is 7.11 Å². The highest BCUT2D eigenvalue weighted by Crippen LogP contribution is 2.31. The number of amides is 1. The van der Waals surface area contributed by atoms with Gasteiger partial charge in [-0.05, 0) is 42.2 Å². The lowest BCUT2D eigenvalue weighted by molar-refractivity contribution is -0.145. The molecule has 0 bridgehead atoms. The number of fused-ring (bicyclic) bond motifs is 1. The Kier molecular flexibility index (Phi) is 4.86. The van der Waals surface area contributed by atoms with Crippen molar-refractivity contribution >= 4 is 17.8 Å². The van der Waals surface area contributed by atoms with E-state index in [-0.39, 0.29) is 18.0 Å². The van der Waals surface area contributed by atoms with Crippen molar-refractivity contribution in [1.82, 2.24) is 4.90 Å². The first-order chi connectivity index (χ1) is 13.6. The maximum atomic E-state index is 13.0. The fourth-order valence-corrected chi connectivity index (χ4v) is 3.94. The number of rotatable bonds is 3. The van der Waals surface area contributed by atoms with Gasteiger partial charge in [0.2, 0.25) is 0 Å². The number of carbonyl (C=O) groups is 3. The van der Waals surface area contributed by atoms with Crippen LogP contribution in [0.5, 0.6) is 0 Å². The Morgan fingerprint density at radius 2 is 1.93 bits per heavy atom. The number of likely N-dealkylation sites (tertiary alicyclic amines) is 1. The molecule has 0 radical (unpaired) electrons. The first-order valence-corrected chi connectivity index (χ1v) is 9.36. The van der Waals surface area contributed by atoms with E-state index in [0.717, 1.165) is 17.5 Å². The van der Waals surface area contributed by atoms with Crippen molar-refractivity contribution in [3.63, 3.8) is 0 Å². The van der Waals surface area contributed by atoms with Crippen LogP contribution in [0.2, 0.25) is 0 Å². The number of hydrogen-bond acceptors (Lipinski definition) is 5. The summed E-state index contributed by atoms with van der Waals surface area (Å²) in [5.41, 5.74) is 2.65. The summed E-state index contributed by atoms with van der Waals surface area (Å²) in [5.74, 6) is -0.995. The fraction of sp³-hybridized carbons (Fsp3) is 0.318. The SMILES string of the molecule is COC(=O)[C@@H]1CCCN1C(=O)c1ccc2c(c1)CC(c1ccccc1)OC2=O. The van der Waals surface area contributed by atoms with Crippen LogP contribution < -0.4 is 0 Å². The highest BCUT2D eigenvalue weighted by atomic mass is 16.5. The second kappa shape index (κ2) is 7.46. The smallest absolute Gasteiger partial charge is 0.339 e. The molecular weight excluding hydrogens is 358 g/mol. The molecule has 1 amide bonds. The van der Waals surface area contributed by atoms with Gasteiger partial charge in [0.25, 0.3) is 5.91 Å². The third-order valence-electron chi connectivity index (χ3n) is 5.38. The molecule has 144 valence electrons. The van der Waals surface area contributed by atoms with E-state index in [1.807, 2.05) is 30.3 Å². The Labute approximate surface area is 163 Å². The maximum Gasteiger partial charge on any atom is 0.339 e. The van der Waals surface area contributed by atoms with E-state index in [4.69, 9.17) is 9.47 Å². The van der Waals surface area contributed by atoms with Gasteiger partial charge in [0.15, 0.2) is 0 Å². The largest absolute Gasteiger partial charge is 0.467 e. The van der Waals surface area contributed by atoms with Crippen molar-refractivity contribution in [2.24, 2.45) is 0 Å². The van der Waals surface area contributed by atoms with E-state index >= 15 is 0 Å². The summed E-state index contributed by atoms with van der Waals surface area (Å²) in [6.07, 6.45) is 1.50. The second-order valence-corrected chi connectivity index (χ2v) is 7.06. The molecule has 1 saturated heterocycles. The Balaban J connectivity index is 1.61. The predicted octanol–water partition coefficient (Wildman–Crippen LogP) is 2.92. The average molecular weight is 379 g/mol. The van der Waals surface area contributed by atoms with Crippen LogP contribution in [0.15, 0.2) is 48.5 Å². The van der Waals surface area contributed by atoms with Gasteiger partial charge in [0.05, 0.1) is 12.7 Å². The number of carbonyl (C=O) groups excluding carboxylic acids is 3. The van der Waals surface area contributed by atoms with Crippen LogP contribution in [0.1, 0.15) is 50.8 Å². The molecule has 0 saturated carbocycles. The summed E-state index contributed by atoms with van der Waals surface area (Å²) in [4.78, 5) is 38.9. The number of cyclic esters (lactones) is 1. The second-order valence-electron chi connectivity index (χ2n) is 7.06.